The summed E-state index contributed by atoms with van der Waals surface area (Å²) in [5, 5.41) is 11.0. The van der Waals surface area contributed by atoms with Crippen molar-refractivity contribution in [2.45, 2.75) is 44.8 Å². The lowest BCUT2D eigenvalue weighted by Crippen LogP contribution is -2.44. The number of methoxy groups -OCH3 is 1. The molecule has 3 heteroatoms. The Balaban J connectivity index is 2.43. The molecular formula is C15H22O3. The number of benzene rings is 1. The van der Waals surface area contributed by atoms with E-state index in [9.17, 15) is 5.11 Å². The van der Waals surface area contributed by atoms with Crippen LogP contribution in [0.2, 0.25) is 0 Å². The number of ether oxygens (including phenoxy) is 2. The molecule has 1 N–H and O–H groups in total. The maximum atomic E-state index is 11.0. The SMILES string of the molecule is COc1ccc(C)cc1C1(O)CCOC(C)(C)C1. The maximum absolute atomic E-state index is 11.0. The number of aliphatic hydroxyl groups is 1. The van der Waals surface area contributed by atoms with Gasteiger partial charge >= 0.3 is 0 Å². The molecule has 1 aromatic carbocycles. The molecule has 0 amide bonds. The summed E-state index contributed by atoms with van der Waals surface area (Å²) in [6.45, 7) is 6.62. The first-order chi connectivity index (χ1) is 8.36. The van der Waals surface area contributed by atoms with Crippen LogP contribution < -0.4 is 4.74 Å². The fraction of sp³-hybridized carbons (Fsp3) is 0.600. The van der Waals surface area contributed by atoms with Gasteiger partial charge in [-0.05, 0) is 32.9 Å². The van der Waals surface area contributed by atoms with Gasteiger partial charge in [-0.2, -0.15) is 0 Å². The third-order valence-electron chi connectivity index (χ3n) is 3.58. The van der Waals surface area contributed by atoms with Gasteiger partial charge in [0.15, 0.2) is 0 Å². The standard InChI is InChI=1S/C15H22O3/c1-11-5-6-13(17-4)12(9-11)15(16)7-8-18-14(2,3)10-15/h5-6,9,16H,7-8,10H2,1-4H3. The molecule has 100 valence electrons. The largest absolute Gasteiger partial charge is 0.496 e. The molecule has 1 aromatic rings. The van der Waals surface area contributed by atoms with E-state index < -0.39 is 5.60 Å². The van der Waals surface area contributed by atoms with Gasteiger partial charge in [0.1, 0.15) is 5.75 Å². The second-order valence-corrected chi connectivity index (χ2v) is 5.77. The van der Waals surface area contributed by atoms with Crippen LogP contribution >= 0.6 is 0 Å². The van der Waals surface area contributed by atoms with Gasteiger partial charge in [-0.3, -0.25) is 0 Å². The molecule has 1 aliphatic heterocycles. The van der Waals surface area contributed by atoms with Crippen LogP contribution in [0.4, 0.5) is 0 Å². The zero-order chi connectivity index (χ0) is 13.4. The van der Waals surface area contributed by atoms with E-state index in [1.807, 2.05) is 39.0 Å². The van der Waals surface area contributed by atoms with E-state index in [4.69, 9.17) is 9.47 Å². The smallest absolute Gasteiger partial charge is 0.124 e. The van der Waals surface area contributed by atoms with Gasteiger partial charge < -0.3 is 14.6 Å². The molecule has 2 rings (SSSR count). The summed E-state index contributed by atoms with van der Waals surface area (Å²) in [4.78, 5) is 0. The van der Waals surface area contributed by atoms with Gasteiger partial charge in [0, 0.05) is 18.4 Å². The first-order valence-corrected chi connectivity index (χ1v) is 6.38. The van der Waals surface area contributed by atoms with Crippen molar-refractivity contribution in [3.63, 3.8) is 0 Å². The molecule has 0 aromatic heterocycles. The van der Waals surface area contributed by atoms with Crippen LogP contribution in [-0.4, -0.2) is 24.4 Å². The second-order valence-electron chi connectivity index (χ2n) is 5.77. The molecule has 1 aliphatic rings. The number of hydrogen-bond acceptors (Lipinski definition) is 3. The van der Waals surface area contributed by atoms with Crippen LogP contribution in [-0.2, 0) is 10.3 Å². The van der Waals surface area contributed by atoms with Crippen molar-refractivity contribution in [2.24, 2.45) is 0 Å². The van der Waals surface area contributed by atoms with Crippen molar-refractivity contribution in [3.8, 4) is 5.75 Å². The van der Waals surface area contributed by atoms with Crippen LogP contribution in [0.1, 0.15) is 37.8 Å². The van der Waals surface area contributed by atoms with Crippen molar-refractivity contribution < 1.29 is 14.6 Å². The lowest BCUT2D eigenvalue weighted by Gasteiger charge is -2.42. The van der Waals surface area contributed by atoms with E-state index in [-0.39, 0.29) is 5.60 Å². The zero-order valence-corrected chi connectivity index (χ0v) is 11.6. The summed E-state index contributed by atoms with van der Waals surface area (Å²) in [7, 11) is 1.64. The van der Waals surface area contributed by atoms with Gasteiger partial charge in [0.05, 0.1) is 24.9 Å². The highest BCUT2D eigenvalue weighted by Gasteiger charge is 2.42. The van der Waals surface area contributed by atoms with E-state index in [0.717, 1.165) is 16.9 Å². The highest BCUT2D eigenvalue weighted by atomic mass is 16.5. The van der Waals surface area contributed by atoms with E-state index in [1.54, 1.807) is 7.11 Å². The summed E-state index contributed by atoms with van der Waals surface area (Å²) in [5.41, 5.74) is 0.839. The van der Waals surface area contributed by atoms with Crippen LogP contribution in [0, 0.1) is 6.92 Å². The molecular weight excluding hydrogens is 228 g/mol. The van der Waals surface area contributed by atoms with Crippen molar-refractivity contribution in [1.82, 2.24) is 0 Å². The first kappa shape index (κ1) is 13.4. The number of rotatable bonds is 2. The predicted octanol–water partition coefficient (Wildman–Crippen LogP) is 2.78. The van der Waals surface area contributed by atoms with E-state index >= 15 is 0 Å². The third-order valence-corrected chi connectivity index (χ3v) is 3.58. The number of hydrogen-bond donors (Lipinski definition) is 1. The Morgan fingerprint density at radius 2 is 2.06 bits per heavy atom. The van der Waals surface area contributed by atoms with Gasteiger partial charge in [-0.25, -0.2) is 0 Å². The Hall–Kier alpha value is -1.06. The molecule has 1 unspecified atom stereocenters. The van der Waals surface area contributed by atoms with Gasteiger partial charge in [-0.1, -0.05) is 11.6 Å². The normalized spacial score (nSPS) is 26.9. The van der Waals surface area contributed by atoms with Gasteiger partial charge in [-0.15, -0.1) is 0 Å². The van der Waals surface area contributed by atoms with E-state index in [2.05, 4.69) is 0 Å². The Morgan fingerprint density at radius 3 is 2.67 bits per heavy atom. The molecule has 0 spiro atoms. The monoisotopic (exact) mass is 250 g/mol. The lowest BCUT2D eigenvalue weighted by molar-refractivity contribution is -0.148. The summed E-state index contributed by atoms with van der Waals surface area (Å²) in [6, 6.07) is 5.93. The van der Waals surface area contributed by atoms with Crippen LogP contribution in [0.15, 0.2) is 18.2 Å². The Labute approximate surface area is 109 Å². The quantitative estimate of drug-likeness (QED) is 0.877. The zero-order valence-electron chi connectivity index (χ0n) is 11.6. The Morgan fingerprint density at radius 1 is 1.33 bits per heavy atom. The molecule has 1 heterocycles. The Bertz CT molecular complexity index is 439. The predicted molar refractivity (Wildman–Crippen MR) is 70.9 cm³/mol. The van der Waals surface area contributed by atoms with Crippen molar-refractivity contribution >= 4 is 0 Å². The maximum Gasteiger partial charge on any atom is 0.124 e. The lowest BCUT2D eigenvalue weighted by atomic mass is 9.78. The van der Waals surface area contributed by atoms with Crippen molar-refractivity contribution in [1.29, 1.82) is 0 Å². The second kappa shape index (κ2) is 4.56. The first-order valence-electron chi connectivity index (χ1n) is 6.38. The topological polar surface area (TPSA) is 38.7 Å². The highest BCUT2D eigenvalue weighted by Crippen LogP contribution is 2.43. The van der Waals surface area contributed by atoms with Crippen LogP contribution in [0.5, 0.6) is 5.75 Å². The molecule has 1 fully saturated rings. The average Bonchev–Trinajstić information content (AvgIpc) is 2.27. The summed E-state index contributed by atoms with van der Waals surface area (Å²) in [6.07, 6.45) is 1.19. The van der Waals surface area contributed by atoms with Gasteiger partial charge in [0.25, 0.3) is 0 Å². The molecule has 18 heavy (non-hydrogen) atoms. The fourth-order valence-electron chi connectivity index (χ4n) is 2.76. The van der Waals surface area contributed by atoms with Crippen LogP contribution in [0.3, 0.4) is 0 Å². The third kappa shape index (κ3) is 2.52. The van der Waals surface area contributed by atoms with Crippen molar-refractivity contribution in [2.75, 3.05) is 13.7 Å². The Kier molecular flexibility index (Phi) is 3.39. The van der Waals surface area contributed by atoms with Gasteiger partial charge in [0.2, 0.25) is 0 Å². The molecule has 1 atom stereocenters. The van der Waals surface area contributed by atoms with Crippen LogP contribution in [0.25, 0.3) is 0 Å². The molecule has 3 nitrogen and oxygen atoms in total. The summed E-state index contributed by atoms with van der Waals surface area (Å²) in [5.74, 6) is 0.751. The average molecular weight is 250 g/mol. The number of aryl methyl sites for hydroxylation is 1. The van der Waals surface area contributed by atoms with E-state index in [1.165, 1.54) is 0 Å². The highest BCUT2D eigenvalue weighted by molar-refractivity contribution is 5.41. The van der Waals surface area contributed by atoms with Crippen molar-refractivity contribution in [3.05, 3.63) is 29.3 Å². The molecule has 1 saturated heterocycles. The minimum absolute atomic E-state index is 0.304. The summed E-state index contributed by atoms with van der Waals surface area (Å²) < 4.78 is 11.1. The molecule has 0 aliphatic carbocycles. The molecule has 0 saturated carbocycles. The summed E-state index contributed by atoms with van der Waals surface area (Å²) >= 11 is 0. The van der Waals surface area contributed by atoms with E-state index in [0.29, 0.717) is 19.4 Å². The minimum Gasteiger partial charge on any atom is -0.496 e. The molecule has 0 bridgehead atoms. The minimum atomic E-state index is -0.862. The molecule has 0 radical (unpaired) electrons. The fourth-order valence-corrected chi connectivity index (χ4v) is 2.76.